The van der Waals surface area contributed by atoms with Crippen molar-refractivity contribution in [2.24, 2.45) is 12.5 Å². The predicted octanol–water partition coefficient (Wildman–Crippen LogP) is 3.39. The maximum atomic E-state index is 13.1. The van der Waals surface area contributed by atoms with Gasteiger partial charge in [0.15, 0.2) is 0 Å². The minimum absolute atomic E-state index is 0.0997. The van der Waals surface area contributed by atoms with E-state index in [-0.39, 0.29) is 11.3 Å². The Morgan fingerprint density at radius 2 is 1.74 bits per heavy atom. The summed E-state index contributed by atoms with van der Waals surface area (Å²) in [6.07, 6.45) is 0. The number of hydrogen-bond acceptors (Lipinski definition) is 4. The van der Waals surface area contributed by atoms with E-state index in [4.69, 9.17) is 4.98 Å². The van der Waals surface area contributed by atoms with Gasteiger partial charge in [0.2, 0.25) is 0 Å². The van der Waals surface area contributed by atoms with Gasteiger partial charge < -0.3 is 9.47 Å². The summed E-state index contributed by atoms with van der Waals surface area (Å²) in [4.78, 5) is 22.4. The van der Waals surface area contributed by atoms with Gasteiger partial charge in [-0.05, 0) is 31.4 Å². The van der Waals surface area contributed by atoms with E-state index in [9.17, 15) is 4.79 Å². The molecule has 0 N–H and O–H groups in total. The van der Waals surface area contributed by atoms with Crippen LogP contribution in [0.2, 0.25) is 0 Å². The van der Waals surface area contributed by atoms with Crippen molar-refractivity contribution < 1.29 is 4.79 Å². The number of aromatic nitrogens is 4. The van der Waals surface area contributed by atoms with Gasteiger partial charge in [-0.15, -0.1) is 0 Å². The summed E-state index contributed by atoms with van der Waals surface area (Å²) in [5, 5.41) is 4.40. The third-order valence-corrected chi connectivity index (χ3v) is 6.11. The number of carbonyl (C=O) groups excluding carboxylic acids is 1. The molecular weight excluding hydrogens is 388 g/mol. The molecular formula is C24H34N6O. The van der Waals surface area contributed by atoms with Gasteiger partial charge in [-0.2, -0.15) is 5.10 Å². The number of aryl methyl sites for hydroxylation is 2. The van der Waals surface area contributed by atoms with Crippen LogP contribution in [0.25, 0.3) is 11.0 Å². The number of rotatable bonds is 4. The predicted molar refractivity (Wildman–Crippen MR) is 123 cm³/mol. The van der Waals surface area contributed by atoms with Crippen LogP contribution in [0, 0.1) is 19.3 Å². The standard InChI is InChI=1S/C24H34N6O/c1-17-22(18(2)27(6)26-17)23(31)29-13-11-28(12-14-29)15-21-25-19-9-7-8-10-20(19)30(21)16-24(3,4)5/h7-10H,11-16H2,1-6H3. The number of carbonyl (C=O) groups is 1. The summed E-state index contributed by atoms with van der Waals surface area (Å²) in [6.45, 7) is 15.6. The van der Waals surface area contributed by atoms with Crippen LogP contribution in [-0.4, -0.2) is 61.2 Å². The smallest absolute Gasteiger partial charge is 0.257 e. The minimum atomic E-state index is 0.0997. The lowest BCUT2D eigenvalue weighted by Crippen LogP contribution is -2.48. The molecule has 0 atom stereocenters. The number of benzene rings is 1. The molecule has 0 bridgehead atoms. The maximum absolute atomic E-state index is 13.1. The zero-order valence-corrected chi connectivity index (χ0v) is 19.6. The average molecular weight is 423 g/mol. The number of amides is 1. The summed E-state index contributed by atoms with van der Waals surface area (Å²) < 4.78 is 4.16. The first-order chi connectivity index (χ1) is 14.6. The zero-order chi connectivity index (χ0) is 22.3. The topological polar surface area (TPSA) is 59.2 Å². The molecule has 0 radical (unpaired) electrons. The first kappa shape index (κ1) is 21.6. The molecule has 0 spiro atoms. The Labute approximate surface area is 184 Å². The Bertz CT molecular complexity index is 1100. The molecule has 4 rings (SSSR count). The highest BCUT2D eigenvalue weighted by Crippen LogP contribution is 2.24. The lowest BCUT2D eigenvalue weighted by atomic mass is 9.96. The van der Waals surface area contributed by atoms with Crippen LogP contribution in [0.3, 0.4) is 0 Å². The van der Waals surface area contributed by atoms with Crippen LogP contribution in [0.15, 0.2) is 24.3 Å². The van der Waals surface area contributed by atoms with Crippen LogP contribution >= 0.6 is 0 Å². The number of piperazine rings is 1. The Balaban J connectivity index is 1.47. The van der Waals surface area contributed by atoms with E-state index in [2.05, 4.69) is 53.5 Å². The molecule has 1 fully saturated rings. The second-order valence-electron chi connectivity index (χ2n) is 9.90. The normalized spacial score (nSPS) is 15.7. The molecule has 0 unspecified atom stereocenters. The maximum Gasteiger partial charge on any atom is 0.257 e. The molecule has 166 valence electrons. The zero-order valence-electron chi connectivity index (χ0n) is 19.6. The first-order valence-corrected chi connectivity index (χ1v) is 11.1. The van der Waals surface area contributed by atoms with Gasteiger partial charge >= 0.3 is 0 Å². The van der Waals surface area contributed by atoms with Gasteiger partial charge in [-0.3, -0.25) is 14.4 Å². The quantitative estimate of drug-likeness (QED) is 0.647. The molecule has 31 heavy (non-hydrogen) atoms. The van der Waals surface area contributed by atoms with Gasteiger partial charge in [0.25, 0.3) is 5.91 Å². The Morgan fingerprint density at radius 3 is 2.35 bits per heavy atom. The average Bonchev–Trinajstić information content (AvgIpc) is 3.17. The molecule has 7 heteroatoms. The Morgan fingerprint density at radius 1 is 1.06 bits per heavy atom. The lowest BCUT2D eigenvalue weighted by Gasteiger charge is -2.35. The highest BCUT2D eigenvalue weighted by Gasteiger charge is 2.27. The highest BCUT2D eigenvalue weighted by molar-refractivity contribution is 5.96. The molecule has 1 saturated heterocycles. The molecule has 1 aromatic carbocycles. The van der Waals surface area contributed by atoms with Crippen molar-refractivity contribution in [2.45, 2.75) is 47.7 Å². The molecule has 0 saturated carbocycles. The summed E-state index contributed by atoms with van der Waals surface area (Å²) >= 11 is 0. The Hall–Kier alpha value is -2.67. The molecule has 0 aliphatic carbocycles. The number of fused-ring (bicyclic) bond motifs is 1. The van der Waals surface area contributed by atoms with E-state index in [1.807, 2.05) is 31.9 Å². The number of para-hydroxylation sites is 2. The van der Waals surface area contributed by atoms with Gasteiger partial charge in [-0.25, -0.2) is 4.98 Å². The second-order valence-corrected chi connectivity index (χ2v) is 9.90. The summed E-state index contributed by atoms with van der Waals surface area (Å²) in [5.41, 5.74) is 4.91. The van der Waals surface area contributed by atoms with Crippen LogP contribution in [0.4, 0.5) is 0 Å². The fraction of sp³-hybridized carbons (Fsp3) is 0.542. The largest absolute Gasteiger partial charge is 0.336 e. The van der Waals surface area contributed by atoms with Crippen LogP contribution in [-0.2, 0) is 20.1 Å². The third-order valence-electron chi connectivity index (χ3n) is 6.11. The number of imidazole rings is 1. The highest BCUT2D eigenvalue weighted by atomic mass is 16.2. The third kappa shape index (κ3) is 4.37. The van der Waals surface area contributed by atoms with Crippen molar-refractivity contribution in [3.8, 4) is 0 Å². The minimum Gasteiger partial charge on any atom is -0.336 e. The molecule has 3 heterocycles. The molecule has 7 nitrogen and oxygen atoms in total. The second kappa shape index (κ2) is 8.11. The molecule has 1 amide bonds. The fourth-order valence-corrected chi connectivity index (χ4v) is 4.45. The van der Waals surface area contributed by atoms with Crippen molar-refractivity contribution in [1.29, 1.82) is 0 Å². The Kier molecular flexibility index (Phi) is 5.64. The van der Waals surface area contributed by atoms with E-state index in [0.717, 1.165) is 67.6 Å². The van der Waals surface area contributed by atoms with E-state index >= 15 is 0 Å². The van der Waals surface area contributed by atoms with Crippen LogP contribution in [0.1, 0.15) is 48.3 Å². The first-order valence-electron chi connectivity index (χ1n) is 11.1. The molecule has 1 aliphatic rings. The van der Waals surface area contributed by atoms with E-state index < -0.39 is 0 Å². The van der Waals surface area contributed by atoms with Crippen molar-refractivity contribution in [3.05, 3.63) is 47.0 Å². The molecule has 2 aromatic heterocycles. The van der Waals surface area contributed by atoms with Crippen LogP contribution in [0.5, 0.6) is 0 Å². The van der Waals surface area contributed by atoms with Gasteiger partial charge in [-0.1, -0.05) is 32.9 Å². The summed E-state index contributed by atoms with van der Waals surface area (Å²) in [7, 11) is 1.89. The van der Waals surface area contributed by atoms with E-state index in [1.165, 1.54) is 5.52 Å². The van der Waals surface area contributed by atoms with Crippen molar-refractivity contribution in [2.75, 3.05) is 26.2 Å². The van der Waals surface area contributed by atoms with Crippen molar-refractivity contribution >= 4 is 16.9 Å². The summed E-state index contributed by atoms with van der Waals surface area (Å²) in [6, 6.07) is 8.38. The SMILES string of the molecule is Cc1nn(C)c(C)c1C(=O)N1CCN(Cc2nc3ccccc3n2CC(C)(C)C)CC1. The lowest BCUT2D eigenvalue weighted by molar-refractivity contribution is 0.0622. The summed E-state index contributed by atoms with van der Waals surface area (Å²) in [5.74, 6) is 1.21. The monoisotopic (exact) mass is 422 g/mol. The van der Waals surface area contributed by atoms with E-state index in [0.29, 0.717) is 0 Å². The van der Waals surface area contributed by atoms with Gasteiger partial charge in [0, 0.05) is 45.5 Å². The number of nitrogens with zero attached hydrogens (tertiary/aromatic N) is 6. The van der Waals surface area contributed by atoms with Crippen molar-refractivity contribution in [3.63, 3.8) is 0 Å². The van der Waals surface area contributed by atoms with Gasteiger partial charge in [0.05, 0.1) is 28.8 Å². The fourth-order valence-electron chi connectivity index (χ4n) is 4.45. The van der Waals surface area contributed by atoms with Gasteiger partial charge in [0.1, 0.15) is 5.82 Å². The number of hydrogen-bond donors (Lipinski definition) is 0. The van der Waals surface area contributed by atoms with E-state index in [1.54, 1.807) is 4.68 Å². The molecule has 3 aromatic rings. The molecule has 1 aliphatic heterocycles. The van der Waals surface area contributed by atoms with Crippen molar-refractivity contribution in [1.82, 2.24) is 29.1 Å². The van der Waals surface area contributed by atoms with Crippen LogP contribution < -0.4 is 0 Å².